The number of unbranched alkanes of at least 4 members (excludes halogenated alkanes) is 4. The van der Waals surface area contributed by atoms with Gasteiger partial charge in [-0.05, 0) is 12.8 Å². The maximum absolute atomic E-state index is 14.0. The second kappa shape index (κ2) is 7.38. The normalized spacial score (nSPS) is 12.9. The summed E-state index contributed by atoms with van der Waals surface area (Å²) < 4.78 is 15.8. The van der Waals surface area contributed by atoms with Crippen molar-refractivity contribution in [3.63, 3.8) is 0 Å². The van der Waals surface area contributed by atoms with Gasteiger partial charge in [-0.25, -0.2) is 9.37 Å². The highest BCUT2D eigenvalue weighted by atomic mass is 19.1. The summed E-state index contributed by atoms with van der Waals surface area (Å²) in [5, 5.41) is 0.0712. The van der Waals surface area contributed by atoms with Gasteiger partial charge in [0.1, 0.15) is 5.39 Å². The highest BCUT2D eigenvalue weighted by molar-refractivity contribution is 5.75. The van der Waals surface area contributed by atoms with Crippen LogP contribution in [0.3, 0.4) is 0 Å². The van der Waals surface area contributed by atoms with Crippen molar-refractivity contribution in [1.29, 1.82) is 0 Å². The van der Waals surface area contributed by atoms with E-state index < -0.39 is 11.4 Å². The van der Waals surface area contributed by atoms with Crippen molar-refractivity contribution >= 4 is 11.0 Å². The second-order valence-corrected chi connectivity index (χ2v) is 5.58. The van der Waals surface area contributed by atoms with E-state index in [2.05, 4.69) is 23.8 Å². The first-order valence-corrected chi connectivity index (χ1v) is 7.92. The van der Waals surface area contributed by atoms with Gasteiger partial charge in [0.05, 0.1) is 6.33 Å². The Kier molecular flexibility index (Phi) is 5.53. The zero-order valence-electron chi connectivity index (χ0n) is 12.9. The number of nitrogens with zero attached hydrogens (tertiary/aromatic N) is 2. The molecule has 0 amide bonds. The summed E-state index contributed by atoms with van der Waals surface area (Å²) in [5.41, 5.74) is 0.0470. The summed E-state index contributed by atoms with van der Waals surface area (Å²) in [6.07, 6.45) is 10.8. The van der Waals surface area contributed by atoms with Crippen LogP contribution in [0.25, 0.3) is 11.0 Å². The molecule has 2 heterocycles. The molecule has 0 radical (unpaired) electrons. The zero-order valence-corrected chi connectivity index (χ0v) is 12.9. The molecule has 0 aromatic carbocycles. The van der Waals surface area contributed by atoms with E-state index in [4.69, 9.17) is 0 Å². The third-order valence-electron chi connectivity index (χ3n) is 4.07. The van der Waals surface area contributed by atoms with Crippen LogP contribution in [0.1, 0.15) is 64.8 Å². The topological polar surface area (TPSA) is 50.7 Å². The lowest BCUT2D eigenvalue weighted by Gasteiger charge is -2.17. The number of hydrogen-bond acceptors (Lipinski definition) is 2. The SMILES string of the molecule is CCCCCCCC(CC)n1cc(F)c2c(=O)[nH]cnc21. The molecule has 0 saturated heterocycles. The van der Waals surface area contributed by atoms with Gasteiger partial charge in [0.15, 0.2) is 11.5 Å². The molecule has 2 rings (SSSR count). The standard InChI is InChI=1S/C16H24FN3O/c1-3-5-6-7-8-9-12(4-2)20-10-13(17)14-15(20)18-11-19-16(14)21/h10-12H,3-9H2,1-2H3,(H,18,19,21). The number of fused-ring (bicyclic) bond motifs is 1. The van der Waals surface area contributed by atoms with Gasteiger partial charge in [0, 0.05) is 12.2 Å². The molecule has 0 aliphatic heterocycles. The van der Waals surface area contributed by atoms with Crippen molar-refractivity contribution in [3.8, 4) is 0 Å². The molecule has 0 saturated carbocycles. The third-order valence-corrected chi connectivity index (χ3v) is 4.07. The molecule has 1 unspecified atom stereocenters. The Balaban J connectivity index is 2.15. The Hall–Kier alpha value is -1.65. The van der Waals surface area contributed by atoms with Crippen LogP contribution < -0.4 is 5.56 Å². The Morgan fingerprint density at radius 2 is 2.05 bits per heavy atom. The molecule has 0 bridgehead atoms. The van der Waals surface area contributed by atoms with Gasteiger partial charge >= 0.3 is 0 Å². The number of aromatic amines is 1. The molecule has 2 aromatic rings. The lowest BCUT2D eigenvalue weighted by Crippen LogP contribution is -2.11. The molecule has 0 aliphatic carbocycles. The summed E-state index contributed by atoms with van der Waals surface area (Å²) >= 11 is 0. The van der Waals surface area contributed by atoms with Gasteiger partial charge < -0.3 is 9.55 Å². The van der Waals surface area contributed by atoms with Crippen LogP contribution in [0, 0.1) is 5.82 Å². The minimum atomic E-state index is -0.483. The van der Waals surface area contributed by atoms with E-state index in [1.807, 2.05) is 4.57 Å². The van der Waals surface area contributed by atoms with Crippen LogP contribution in [0.15, 0.2) is 17.3 Å². The van der Waals surface area contributed by atoms with Crippen molar-refractivity contribution < 1.29 is 4.39 Å². The summed E-state index contributed by atoms with van der Waals surface area (Å²) in [6.45, 7) is 4.29. The lowest BCUT2D eigenvalue weighted by atomic mass is 10.0. The van der Waals surface area contributed by atoms with E-state index in [-0.39, 0.29) is 11.4 Å². The van der Waals surface area contributed by atoms with Crippen LogP contribution >= 0.6 is 0 Å². The van der Waals surface area contributed by atoms with E-state index in [0.29, 0.717) is 5.65 Å². The molecule has 5 heteroatoms. The number of H-pyrrole nitrogens is 1. The fourth-order valence-corrected chi connectivity index (χ4v) is 2.85. The van der Waals surface area contributed by atoms with Gasteiger partial charge in [-0.1, -0.05) is 46.0 Å². The van der Waals surface area contributed by atoms with Crippen LogP contribution in [0.2, 0.25) is 0 Å². The Morgan fingerprint density at radius 1 is 1.29 bits per heavy atom. The molecular formula is C16H24FN3O. The molecule has 0 spiro atoms. The van der Waals surface area contributed by atoms with E-state index in [9.17, 15) is 9.18 Å². The predicted molar refractivity (Wildman–Crippen MR) is 83.0 cm³/mol. The average molecular weight is 293 g/mol. The highest BCUT2D eigenvalue weighted by Gasteiger charge is 2.18. The summed E-state index contributed by atoms with van der Waals surface area (Å²) in [6, 6.07) is 0.202. The zero-order chi connectivity index (χ0) is 15.2. The maximum atomic E-state index is 14.0. The van der Waals surface area contributed by atoms with Crippen molar-refractivity contribution in [2.45, 2.75) is 64.8 Å². The quantitative estimate of drug-likeness (QED) is 0.742. The van der Waals surface area contributed by atoms with Gasteiger partial charge in [-0.15, -0.1) is 0 Å². The molecule has 116 valence electrons. The first-order valence-electron chi connectivity index (χ1n) is 7.92. The maximum Gasteiger partial charge on any atom is 0.263 e. The van der Waals surface area contributed by atoms with Gasteiger partial charge in [0.25, 0.3) is 5.56 Å². The van der Waals surface area contributed by atoms with Crippen LogP contribution in [-0.2, 0) is 0 Å². The summed E-state index contributed by atoms with van der Waals surface area (Å²) in [7, 11) is 0. The first kappa shape index (κ1) is 15.7. The number of halogens is 1. The van der Waals surface area contributed by atoms with E-state index in [1.54, 1.807) is 0 Å². The van der Waals surface area contributed by atoms with Gasteiger partial charge in [0.2, 0.25) is 0 Å². The van der Waals surface area contributed by atoms with Crippen molar-refractivity contribution in [3.05, 3.63) is 28.7 Å². The van der Waals surface area contributed by atoms with Crippen LogP contribution in [0.4, 0.5) is 4.39 Å². The fraction of sp³-hybridized carbons (Fsp3) is 0.625. The molecule has 0 aliphatic rings. The van der Waals surface area contributed by atoms with E-state index in [1.165, 1.54) is 38.2 Å². The minimum absolute atomic E-state index is 0.0712. The van der Waals surface area contributed by atoms with Gasteiger partial charge in [-0.2, -0.15) is 0 Å². The average Bonchev–Trinajstić information content (AvgIpc) is 2.81. The van der Waals surface area contributed by atoms with Crippen LogP contribution in [-0.4, -0.2) is 14.5 Å². The highest BCUT2D eigenvalue weighted by Crippen LogP contribution is 2.25. The Labute approximate surface area is 124 Å². The number of aromatic nitrogens is 3. The van der Waals surface area contributed by atoms with E-state index in [0.717, 1.165) is 19.3 Å². The summed E-state index contributed by atoms with van der Waals surface area (Å²) in [5.74, 6) is -0.483. The predicted octanol–water partition coefficient (Wildman–Crippen LogP) is 4.18. The smallest absolute Gasteiger partial charge is 0.263 e. The first-order chi connectivity index (χ1) is 10.2. The fourth-order valence-electron chi connectivity index (χ4n) is 2.85. The number of nitrogens with one attached hydrogen (secondary N) is 1. The second-order valence-electron chi connectivity index (χ2n) is 5.58. The molecular weight excluding hydrogens is 269 g/mol. The Morgan fingerprint density at radius 3 is 2.76 bits per heavy atom. The Bertz CT molecular complexity index is 632. The lowest BCUT2D eigenvalue weighted by molar-refractivity contribution is 0.431. The van der Waals surface area contributed by atoms with Crippen molar-refractivity contribution in [1.82, 2.24) is 14.5 Å². The monoisotopic (exact) mass is 293 g/mol. The summed E-state index contributed by atoms with van der Waals surface area (Å²) in [4.78, 5) is 18.3. The van der Waals surface area contributed by atoms with Gasteiger partial charge in [-0.3, -0.25) is 4.79 Å². The number of rotatable bonds is 8. The molecule has 4 nitrogen and oxygen atoms in total. The molecule has 21 heavy (non-hydrogen) atoms. The minimum Gasteiger partial charge on any atom is -0.326 e. The molecule has 1 atom stereocenters. The van der Waals surface area contributed by atoms with E-state index >= 15 is 0 Å². The van der Waals surface area contributed by atoms with Crippen molar-refractivity contribution in [2.24, 2.45) is 0 Å². The number of hydrogen-bond donors (Lipinski definition) is 1. The molecule has 2 aromatic heterocycles. The largest absolute Gasteiger partial charge is 0.326 e. The van der Waals surface area contributed by atoms with Crippen LogP contribution in [0.5, 0.6) is 0 Å². The molecule has 1 N–H and O–H groups in total. The third kappa shape index (κ3) is 3.52. The van der Waals surface area contributed by atoms with Crippen molar-refractivity contribution in [2.75, 3.05) is 0 Å². The molecule has 0 fully saturated rings.